The fraction of sp³-hybridized carbons (Fsp3) is 0.405. The number of aryl methyl sites for hydroxylation is 1. The highest BCUT2D eigenvalue weighted by Crippen LogP contribution is 2.40. The number of hydrazine groups is 1. The molecule has 0 aliphatic carbocycles. The third-order valence-corrected chi connectivity index (χ3v) is 8.52. The predicted octanol–water partition coefficient (Wildman–Crippen LogP) is 5.57. The van der Waals surface area contributed by atoms with Gasteiger partial charge >= 0.3 is 0 Å². The quantitative estimate of drug-likeness (QED) is 0.254. The number of likely N-dealkylation sites (N-methyl/N-ethyl adjacent to an activating group) is 1. The van der Waals surface area contributed by atoms with Crippen LogP contribution in [0.2, 0.25) is 0 Å². The molecule has 2 amide bonds. The van der Waals surface area contributed by atoms with Gasteiger partial charge in [0.25, 0.3) is 5.91 Å². The maximum Gasteiger partial charge on any atom is 0.251 e. The maximum atomic E-state index is 13.5. The Morgan fingerprint density at radius 2 is 1.91 bits per heavy atom. The van der Waals surface area contributed by atoms with Gasteiger partial charge in [0.15, 0.2) is 5.75 Å². The monoisotopic (exact) mass is 627 g/mol. The van der Waals surface area contributed by atoms with Gasteiger partial charge in [0, 0.05) is 44.8 Å². The molecule has 9 heteroatoms. The standard InChI is InChI=1S/C37H47N5O4.H2/c1-26-11-6-16-34(27(26)2)45-21-9-17-35(43)42-19-10-22-46-36-31(14-8-15-33(36)42)32-25-41(39-28(32)3)24-29-12-7-13-30(23-29)37(44)38-18-20-40(4)5;/h6-8,11-16,23,25,28,39H,9-10,17-22,24H2,1-5H3,(H,38,44);1H. The van der Waals surface area contributed by atoms with Gasteiger partial charge in [-0.25, -0.2) is 5.43 Å². The molecule has 0 bridgehead atoms. The molecule has 3 aromatic rings. The van der Waals surface area contributed by atoms with Gasteiger partial charge in [-0.1, -0.05) is 36.4 Å². The molecule has 0 saturated carbocycles. The summed E-state index contributed by atoms with van der Waals surface area (Å²) < 4.78 is 12.3. The number of benzene rings is 3. The van der Waals surface area contributed by atoms with Crippen LogP contribution >= 0.6 is 0 Å². The number of fused-ring (bicyclic) bond motifs is 1. The molecule has 246 valence electrons. The third kappa shape index (κ3) is 8.08. The smallest absolute Gasteiger partial charge is 0.251 e. The van der Waals surface area contributed by atoms with Crippen molar-refractivity contribution < 1.29 is 20.5 Å². The number of hydrogen-bond acceptors (Lipinski definition) is 7. The average molecular weight is 628 g/mol. The zero-order valence-electron chi connectivity index (χ0n) is 27.8. The molecule has 3 aromatic carbocycles. The SMILES string of the molecule is Cc1cccc(OCCCC(=O)N2CCCOc3c(C4=CN(Cc5cccc(C(=O)NCCN(C)C)c5)NC4C)cccc32)c1C.[HH]. The summed E-state index contributed by atoms with van der Waals surface area (Å²) in [6.45, 7) is 9.89. The molecule has 0 aromatic heterocycles. The van der Waals surface area contributed by atoms with Gasteiger partial charge in [0.05, 0.1) is 31.5 Å². The number of nitrogens with zero attached hydrogens (tertiary/aromatic N) is 3. The van der Waals surface area contributed by atoms with Gasteiger partial charge in [0.1, 0.15) is 5.75 Å². The normalized spacial score (nSPS) is 16.0. The topological polar surface area (TPSA) is 86.4 Å². The number of carbonyl (C=O) groups is 2. The second-order valence-electron chi connectivity index (χ2n) is 12.4. The minimum Gasteiger partial charge on any atom is -0.493 e. The van der Waals surface area contributed by atoms with E-state index in [-0.39, 0.29) is 19.3 Å². The van der Waals surface area contributed by atoms with Crippen LogP contribution in [0.1, 0.15) is 60.2 Å². The fourth-order valence-corrected chi connectivity index (χ4v) is 5.85. The Morgan fingerprint density at radius 3 is 2.74 bits per heavy atom. The number of para-hydroxylation sites is 1. The molecule has 0 spiro atoms. The number of rotatable bonds is 12. The van der Waals surface area contributed by atoms with Gasteiger partial charge < -0.3 is 29.6 Å². The zero-order chi connectivity index (χ0) is 32.6. The Hall–Kier alpha value is -4.34. The van der Waals surface area contributed by atoms with Crippen molar-refractivity contribution in [1.82, 2.24) is 20.7 Å². The molecule has 2 heterocycles. The second-order valence-corrected chi connectivity index (χ2v) is 12.4. The van der Waals surface area contributed by atoms with Gasteiger partial charge in [-0.3, -0.25) is 9.59 Å². The molecule has 46 heavy (non-hydrogen) atoms. The van der Waals surface area contributed by atoms with Crippen LogP contribution in [0.25, 0.3) is 5.57 Å². The molecule has 1 atom stereocenters. The number of carbonyl (C=O) groups excluding carboxylic acids is 2. The molecule has 2 aliphatic heterocycles. The Bertz CT molecular complexity index is 1580. The van der Waals surface area contributed by atoms with Gasteiger partial charge in [-0.2, -0.15) is 0 Å². The summed E-state index contributed by atoms with van der Waals surface area (Å²) in [4.78, 5) is 30.1. The molecule has 5 rings (SSSR count). The first kappa shape index (κ1) is 33.0. The Morgan fingerprint density at radius 1 is 1.11 bits per heavy atom. The lowest BCUT2D eigenvalue weighted by atomic mass is 9.99. The van der Waals surface area contributed by atoms with E-state index in [9.17, 15) is 9.59 Å². The van der Waals surface area contributed by atoms with Crippen molar-refractivity contribution in [2.24, 2.45) is 0 Å². The summed E-state index contributed by atoms with van der Waals surface area (Å²) in [7, 11) is 3.97. The highest BCUT2D eigenvalue weighted by atomic mass is 16.5. The van der Waals surface area contributed by atoms with Gasteiger partial charge in [0.2, 0.25) is 5.91 Å². The number of anilines is 1. The lowest BCUT2D eigenvalue weighted by Crippen LogP contribution is -2.34. The Labute approximate surface area is 274 Å². The summed E-state index contributed by atoms with van der Waals surface area (Å²) in [5, 5.41) is 5.04. The van der Waals surface area contributed by atoms with Crippen molar-refractivity contribution in [3.05, 3.63) is 94.7 Å². The number of amides is 2. The summed E-state index contributed by atoms with van der Waals surface area (Å²) in [5.74, 6) is 1.63. The Kier molecular flexibility index (Phi) is 11.0. The maximum absolute atomic E-state index is 13.5. The van der Waals surface area contributed by atoms with Gasteiger partial charge in [-0.15, -0.1) is 0 Å². The lowest BCUT2D eigenvalue weighted by molar-refractivity contribution is -0.118. The van der Waals surface area contributed by atoms with Crippen molar-refractivity contribution in [3.63, 3.8) is 0 Å². The molecular weight excluding hydrogens is 578 g/mol. The van der Waals surface area contributed by atoms with E-state index in [1.54, 1.807) is 0 Å². The van der Waals surface area contributed by atoms with E-state index in [4.69, 9.17) is 9.47 Å². The van der Waals surface area contributed by atoms with Crippen molar-refractivity contribution in [3.8, 4) is 11.5 Å². The molecular formula is C37H49N5O4. The average Bonchev–Trinajstić information content (AvgIpc) is 3.25. The number of ether oxygens (including phenoxy) is 2. The first-order valence-corrected chi connectivity index (χ1v) is 16.2. The summed E-state index contributed by atoms with van der Waals surface area (Å²) in [5.41, 5.74) is 10.4. The van der Waals surface area contributed by atoms with Crippen LogP contribution in [0.15, 0.2) is 66.9 Å². The lowest BCUT2D eigenvalue weighted by Gasteiger charge is -2.24. The molecule has 9 nitrogen and oxygen atoms in total. The highest BCUT2D eigenvalue weighted by Gasteiger charge is 2.29. The van der Waals surface area contributed by atoms with E-state index in [1.807, 2.05) is 72.4 Å². The van der Waals surface area contributed by atoms with Crippen LogP contribution in [0.5, 0.6) is 11.5 Å². The van der Waals surface area contributed by atoms with Crippen LogP contribution in [0, 0.1) is 13.8 Å². The summed E-state index contributed by atoms with van der Waals surface area (Å²) >= 11 is 0. The van der Waals surface area contributed by atoms with E-state index < -0.39 is 0 Å². The second kappa shape index (κ2) is 15.3. The largest absolute Gasteiger partial charge is 0.493 e. The molecule has 0 saturated heterocycles. The van der Waals surface area contributed by atoms with E-state index >= 15 is 0 Å². The van der Waals surface area contributed by atoms with Crippen molar-refractivity contribution in [1.29, 1.82) is 0 Å². The van der Waals surface area contributed by atoms with Crippen LogP contribution < -0.4 is 25.1 Å². The molecule has 1 unspecified atom stereocenters. The Balaban J connectivity index is 0.00000500. The van der Waals surface area contributed by atoms with E-state index in [2.05, 4.69) is 54.9 Å². The molecule has 2 N–H and O–H groups in total. The first-order valence-electron chi connectivity index (χ1n) is 16.2. The number of nitrogens with one attached hydrogen (secondary N) is 2. The third-order valence-electron chi connectivity index (χ3n) is 8.52. The van der Waals surface area contributed by atoms with Crippen LogP contribution in [0.4, 0.5) is 5.69 Å². The minimum atomic E-state index is -0.0696. The van der Waals surface area contributed by atoms with E-state index in [0.717, 1.165) is 52.4 Å². The first-order chi connectivity index (χ1) is 22.2. The van der Waals surface area contributed by atoms with Crippen LogP contribution in [-0.2, 0) is 11.3 Å². The predicted molar refractivity (Wildman–Crippen MR) is 185 cm³/mol. The number of hydrogen-bond donors (Lipinski definition) is 2. The summed E-state index contributed by atoms with van der Waals surface area (Å²) in [6, 6.07) is 19.9. The van der Waals surface area contributed by atoms with Gasteiger partial charge in [-0.05, 0) is 94.2 Å². The molecule has 0 fully saturated rings. The van der Waals surface area contributed by atoms with Crippen LogP contribution in [0.3, 0.4) is 0 Å². The highest BCUT2D eigenvalue weighted by molar-refractivity contribution is 5.96. The minimum absolute atomic E-state index is 0. The fourth-order valence-electron chi connectivity index (χ4n) is 5.85. The van der Waals surface area contributed by atoms with E-state index in [1.165, 1.54) is 5.56 Å². The van der Waals surface area contributed by atoms with Crippen LogP contribution in [-0.4, -0.2) is 74.7 Å². The van der Waals surface area contributed by atoms with Crippen molar-refractivity contribution in [2.45, 2.75) is 52.6 Å². The summed E-state index contributed by atoms with van der Waals surface area (Å²) in [6.07, 6.45) is 3.90. The molecule has 2 aliphatic rings. The van der Waals surface area contributed by atoms with E-state index in [0.29, 0.717) is 51.3 Å². The van der Waals surface area contributed by atoms with Crippen molar-refractivity contribution in [2.75, 3.05) is 51.8 Å². The zero-order valence-corrected chi connectivity index (χ0v) is 27.8. The molecule has 0 radical (unpaired) electrons. The van der Waals surface area contributed by atoms with Crippen molar-refractivity contribution >= 4 is 23.1 Å².